The third-order valence-electron chi connectivity index (χ3n) is 5.97. The number of carboxylic acids is 1. The SMILES string of the molecule is CC(C)C(C)NC(=O)C(CCC(=O)O)NC(=O)OCC1c2ccccc2-c2ccccc21. The van der Waals surface area contributed by atoms with Crippen LogP contribution in [0.4, 0.5) is 4.79 Å². The van der Waals surface area contributed by atoms with E-state index in [1.165, 1.54) is 0 Å². The quantitative estimate of drug-likeness (QED) is 0.550. The molecule has 2 unspecified atom stereocenters. The van der Waals surface area contributed by atoms with Gasteiger partial charge < -0.3 is 20.5 Å². The molecule has 0 spiro atoms. The Morgan fingerprint density at radius 1 is 0.938 bits per heavy atom. The standard InChI is InChI=1S/C25H30N2O5/c1-15(2)16(3)26-24(30)22(12-13-23(28)29)27-25(31)32-14-21-19-10-6-4-8-17(19)18-9-5-7-11-20(18)21/h4-11,15-16,21-22H,12-14H2,1-3H3,(H,26,30)(H,27,31)(H,28,29). The van der Waals surface area contributed by atoms with Gasteiger partial charge in [-0.05, 0) is 41.5 Å². The van der Waals surface area contributed by atoms with Crippen molar-refractivity contribution in [2.75, 3.05) is 6.61 Å². The molecular weight excluding hydrogens is 408 g/mol. The number of carbonyl (C=O) groups excluding carboxylic acids is 2. The van der Waals surface area contributed by atoms with Crippen molar-refractivity contribution >= 4 is 18.0 Å². The van der Waals surface area contributed by atoms with E-state index in [-0.39, 0.29) is 37.3 Å². The van der Waals surface area contributed by atoms with Gasteiger partial charge in [-0.3, -0.25) is 9.59 Å². The van der Waals surface area contributed by atoms with E-state index in [1.54, 1.807) is 0 Å². The van der Waals surface area contributed by atoms with E-state index in [0.717, 1.165) is 22.3 Å². The molecule has 3 N–H and O–H groups in total. The van der Waals surface area contributed by atoms with E-state index in [9.17, 15) is 14.4 Å². The van der Waals surface area contributed by atoms with Crippen molar-refractivity contribution in [1.29, 1.82) is 0 Å². The number of hydrogen-bond donors (Lipinski definition) is 3. The first-order valence-corrected chi connectivity index (χ1v) is 10.9. The van der Waals surface area contributed by atoms with Crippen molar-refractivity contribution in [3.63, 3.8) is 0 Å². The number of rotatable bonds is 9. The summed E-state index contributed by atoms with van der Waals surface area (Å²) in [7, 11) is 0. The van der Waals surface area contributed by atoms with Gasteiger partial charge in [0.2, 0.25) is 5.91 Å². The molecule has 2 atom stereocenters. The van der Waals surface area contributed by atoms with Gasteiger partial charge in [-0.2, -0.15) is 0 Å². The van der Waals surface area contributed by atoms with E-state index < -0.39 is 24.0 Å². The van der Waals surface area contributed by atoms with Gasteiger partial charge in [0.1, 0.15) is 12.6 Å². The van der Waals surface area contributed by atoms with Crippen LogP contribution in [0.3, 0.4) is 0 Å². The molecule has 2 aromatic rings. The average Bonchev–Trinajstić information content (AvgIpc) is 3.08. The molecule has 3 rings (SSSR count). The number of ether oxygens (including phenoxy) is 1. The van der Waals surface area contributed by atoms with Crippen molar-refractivity contribution in [2.24, 2.45) is 5.92 Å². The molecule has 0 aromatic heterocycles. The Hall–Kier alpha value is -3.35. The lowest BCUT2D eigenvalue weighted by Crippen LogP contribution is -2.50. The molecule has 0 bridgehead atoms. The molecule has 0 saturated heterocycles. The molecule has 2 amide bonds. The van der Waals surface area contributed by atoms with E-state index in [1.807, 2.05) is 57.2 Å². The maximum absolute atomic E-state index is 12.6. The molecule has 1 aliphatic carbocycles. The van der Waals surface area contributed by atoms with Crippen molar-refractivity contribution in [2.45, 2.75) is 51.6 Å². The lowest BCUT2D eigenvalue weighted by Gasteiger charge is -2.23. The summed E-state index contributed by atoms with van der Waals surface area (Å²) < 4.78 is 5.50. The molecule has 32 heavy (non-hydrogen) atoms. The lowest BCUT2D eigenvalue weighted by atomic mass is 9.98. The van der Waals surface area contributed by atoms with Crippen LogP contribution in [-0.4, -0.2) is 41.8 Å². The Bertz CT molecular complexity index is 942. The number of carboxylic acid groups (broad SMARTS) is 1. The van der Waals surface area contributed by atoms with Crippen LogP contribution in [0.2, 0.25) is 0 Å². The molecule has 0 saturated carbocycles. The van der Waals surface area contributed by atoms with Crippen LogP contribution in [-0.2, 0) is 14.3 Å². The normalized spacial score (nSPS) is 14.2. The number of amides is 2. The molecule has 0 fully saturated rings. The van der Waals surface area contributed by atoms with E-state index in [2.05, 4.69) is 22.8 Å². The summed E-state index contributed by atoms with van der Waals surface area (Å²) in [5.41, 5.74) is 4.43. The molecule has 0 aliphatic heterocycles. The molecule has 7 nitrogen and oxygen atoms in total. The van der Waals surface area contributed by atoms with Crippen molar-refractivity contribution in [1.82, 2.24) is 10.6 Å². The minimum atomic E-state index is -1.03. The Kier molecular flexibility index (Phi) is 7.51. The minimum Gasteiger partial charge on any atom is -0.481 e. The summed E-state index contributed by atoms with van der Waals surface area (Å²) >= 11 is 0. The van der Waals surface area contributed by atoms with Crippen LogP contribution in [0.15, 0.2) is 48.5 Å². The van der Waals surface area contributed by atoms with Crippen molar-refractivity contribution < 1.29 is 24.2 Å². The molecule has 170 valence electrons. The first kappa shape index (κ1) is 23.3. The zero-order valence-electron chi connectivity index (χ0n) is 18.6. The highest BCUT2D eigenvalue weighted by atomic mass is 16.5. The minimum absolute atomic E-state index is 0.0177. The van der Waals surface area contributed by atoms with Crippen LogP contribution in [0.1, 0.15) is 50.7 Å². The number of alkyl carbamates (subject to hydrolysis) is 1. The van der Waals surface area contributed by atoms with Gasteiger partial charge in [0.15, 0.2) is 0 Å². The third-order valence-corrected chi connectivity index (χ3v) is 5.97. The molecule has 2 aromatic carbocycles. The second-order valence-electron chi connectivity index (χ2n) is 8.50. The van der Waals surface area contributed by atoms with Gasteiger partial charge in [0.25, 0.3) is 0 Å². The zero-order chi connectivity index (χ0) is 23.3. The van der Waals surface area contributed by atoms with E-state index in [4.69, 9.17) is 9.84 Å². The summed E-state index contributed by atoms with van der Waals surface area (Å²) in [5, 5.41) is 14.4. The van der Waals surface area contributed by atoms with Gasteiger partial charge in [0.05, 0.1) is 0 Å². The van der Waals surface area contributed by atoms with Crippen LogP contribution in [0.5, 0.6) is 0 Å². The van der Waals surface area contributed by atoms with Gasteiger partial charge in [0, 0.05) is 18.4 Å². The first-order chi connectivity index (χ1) is 15.3. The topological polar surface area (TPSA) is 105 Å². The number of nitrogens with one attached hydrogen (secondary N) is 2. The number of hydrogen-bond acceptors (Lipinski definition) is 4. The predicted octanol–water partition coefficient (Wildman–Crippen LogP) is 3.92. The summed E-state index contributed by atoms with van der Waals surface area (Å²) in [4.78, 5) is 36.2. The maximum atomic E-state index is 12.6. The first-order valence-electron chi connectivity index (χ1n) is 10.9. The Morgan fingerprint density at radius 2 is 1.50 bits per heavy atom. The number of carbonyl (C=O) groups is 3. The van der Waals surface area contributed by atoms with E-state index in [0.29, 0.717) is 0 Å². The average molecular weight is 439 g/mol. The van der Waals surface area contributed by atoms with Crippen LogP contribution < -0.4 is 10.6 Å². The van der Waals surface area contributed by atoms with Crippen LogP contribution >= 0.6 is 0 Å². The van der Waals surface area contributed by atoms with Crippen LogP contribution in [0.25, 0.3) is 11.1 Å². The fourth-order valence-electron chi connectivity index (χ4n) is 3.81. The second-order valence-corrected chi connectivity index (χ2v) is 8.50. The smallest absolute Gasteiger partial charge is 0.407 e. The number of aliphatic carboxylic acids is 1. The van der Waals surface area contributed by atoms with Gasteiger partial charge in [-0.25, -0.2) is 4.79 Å². The van der Waals surface area contributed by atoms with E-state index >= 15 is 0 Å². The Balaban J connectivity index is 1.66. The fourth-order valence-corrected chi connectivity index (χ4v) is 3.81. The largest absolute Gasteiger partial charge is 0.481 e. The van der Waals surface area contributed by atoms with Crippen molar-refractivity contribution in [3.05, 3.63) is 59.7 Å². The summed E-state index contributed by atoms with van der Waals surface area (Å²) in [6.45, 7) is 5.92. The third kappa shape index (κ3) is 5.46. The fraction of sp³-hybridized carbons (Fsp3) is 0.400. The highest BCUT2D eigenvalue weighted by Crippen LogP contribution is 2.44. The monoisotopic (exact) mass is 438 g/mol. The van der Waals surface area contributed by atoms with Gasteiger partial charge >= 0.3 is 12.1 Å². The molecule has 1 aliphatic rings. The molecule has 0 radical (unpaired) electrons. The highest BCUT2D eigenvalue weighted by molar-refractivity contribution is 5.86. The zero-order valence-corrected chi connectivity index (χ0v) is 18.6. The predicted molar refractivity (Wildman–Crippen MR) is 121 cm³/mol. The maximum Gasteiger partial charge on any atom is 0.407 e. The lowest BCUT2D eigenvalue weighted by molar-refractivity contribution is -0.137. The summed E-state index contributed by atoms with van der Waals surface area (Å²) in [6.07, 6.45) is -0.997. The van der Waals surface area contributed by atoms with Gasteiger partial charge in [-0.1, -0.05) is 62.4 Å². The Morgan fingerprint density at radius 3 is 2.03 bits per heavy atom. The second kappa shape index (κ2) is 10.3. The highest BCUT2D eigenvalue weighted by Gasteiger charge is 2.30. The number of fused-ring (bicyclic) bond motifs is 3. The molecular formula is C25H30N2O5. The number of benzene rings is 2. The van der Waals surface area contributed by atoms with Crippen LogP contribution in [0, 0.1) is 5.92 Å². The summed E-state index contributed by atoms with van der Waals surface area (Å²) in [5.74, 6) is -1.34. The summed E-state index contributed by atoms with van der Waals surface area (Å²) in [6, 6.07) is 14.9. The van der Waals surface area contributed by atoms with Crippen molar-refractivity contribution in [3.8, 4) is 11.1 Å². The molecule has 0 heterocycles. The van der Waals surface area contributed by atoms with Gasteiger partial charge in [-0.15, -0.1) is 0 Å². The Labute approximate surface area is 188 Å². The molecule has 7 heteroatoms.